The molecule has 2 aromatic heterocycles. The molecule has 4 rings (SSSR count). The van der Waals surface area contributed by atoms with Crippen LogP contribution in [0.2, 0.25) is 0 Å². The highest BCUT2D eigenvalue weighted by atomic mass is 32.2. The number of aromatic nitrogens is 2. The lowest BCUT2D eigenvalue weighted by Crippen LogP contribution is -2.33. The molecule has 0 fully saturated rings. The number of carbonyl (C=O) groups excluding carboxylic acids is 1. The van der Waals surface area contributed by atoms with E-state index in [1.165, 1.54) is 11.8 Å². The first-order valence-electron chi connectivity index (χ1n) is 9.92. The van der Waals surface area contributed by atoms with Crippen molar-refractivity contribution in [2.24, 2.45) is 0 Å². The van der Waals surface area contributed by atoms with Crippen molar-refractivity contribution in [1.82, 2.24) is 15.3 Å². The topological polar surface area (TPSA) is 77.3 Å². The largest absolute Gasteiger partial charge is 0.467 e. The van der Waals surface area contributed by atoms with E-state index in [4.69, 9.17) is 19.1 Å². The number of furan rings is 1. The van der Waals surface area contributed by atoms with Gasteiger partial charge in [-0.15, -0.1) is 0 Å². The van der Waals surface area contributed by atoms with Crippen LogP contribution >= 0.6 is 11.8 Å². The third-order valence-electron chi connectivity index (χ3n) is 4.91. The van der Waals surface area contributed by atoms with E-state index < -0.39 is 0 Å². The smallest absolute Gasteiger partial charge is 0.230 e. The first-order chi connectivity index (χ1) is 14.4. The molecule has 7 heteroatoms. The molecule has 1 N–H and O–H groups in total. The van der Waals surface area contributed by atoms with Crippen LogP contribution in [-0.4, -0.2) is 27.2 Å². The van der Waals surface area contributed by atoms with Gasteiger partial charge in [0.1, 0.15) is 10.8 Å². The molecule has 3 aromatic rings. The predicted octanol–water partition coefficient (Wildman–Crippen LogP) is 4.30. The standard InChI is InChI=1S/C23H25N3O3S/c1-15-6-4-7-16(10-15)21-25-19-11-23(2,3)29-13-18(19)22(26-21)30-14-20(27)24-12-17-8-5-9-28-17/h4-10H,11-14H2,1-3H3,(H,24,27). The minimum atomic E-state index is -0.270. The minimum absolute atomic E-state index is 0.0714. The molecule has 0 saturated heterocycles. The highest BCUT2D eigenvalue weighted by Gasteiger charge is 2.30. The summed E-state index contributed by atoms with van der Waals surface area (Å²) in [6.45, 7) is 7.02. The number of hydrogen-bond acceptors (Lipinski definition) is 6. The number of aryl methyl sites for hydroxylation is 1. The van der Waals surface area contributed by atoms with Crippen LogP contribution < -0.4 is 5.32 Å². The summed E-state index contributed by atoms with van der Waals surface area (Å²) < 4.78 is 11.3. The van der Waals surface area contributed by atoms with Gasteiger partial charge in [0.25, 0.3) is 0 Å². The first kappa shape index (κ1) is 20.6. The van der Waals surface area contributed by atoms with Gasteiger partial charge in [-0.05, 0) is 39.0 Å². The fourth-order valence-electron chi connectivity index (χ4n) is 3.34. The van der Waals surface area contributed by atoms with Gasteiger partial charge in [-0.2, -0.15) is 0 Å². The number of nitrogens with zero attached hydrogens (tertiary/aromatic N) is 2. The van der Waals surface area contributed by atoms with Gasteiger partial charge in [0.15, 0.2) is 5.82 Å². The van der Waals surface area contributed by atoms with Gasteiger partial charge in [-0.1, -0.05) is 35.5 Å². The summed E-state index contributed by atoms with van der Waals surface area (Å²) in [6, 6.07) is 11.8. The van der Waals surface area contributed by atoms with Crippen molar-refractivity contribution in [3.05, 3.63) is 65.2 Å². The van der Waals surface area contributed by atoms with Gasteiger partial charge in [-0.25, -0.2) is 9.97 Å². The van der Waals surface area contributed by atoms with E-state index in [-0.39, 0.29) is 17.3 Å². The molecule has 0 aliphatic carbocycles. The number of carbonyl (C=O) groups is 1. The Labute approximate surface area is 180 Å². The lowest BCUT2D eigenvalue weighted by atomic mass is 9.96. The molecular formula is C23H25N3O3S. The third kappa shape index (κ3) is 4.91. The van der Waals surface area contributed by atoms with Crippen LogP contribution in [0.3, 0.4) is 0 Å². The first-order valence-corrected chi connectivity index (χ1v) is 10.9. The second-order valence-electron chi connectivity index (χ2n) is 8.02. The van der Waals surface area contributed by atoms with Crippen molar-refractivity contribution in [2.75, 3.05) is 5.75 Å². The summed E-state index contributed by atoms with van der Waals surface area (Å²) in [5.41, 5.74) is 3.84. The molecule has 1 aliphatic rings. The van der Waals surface area contributed by atoms with Gasteiger partial charge in [0, 0.05) is 17.5 Å². The third-order valence-corrected chi connectivity index (χ3v) is 5.93. The Morgan fingerprint density at radius 1 is 1.23 bits per heavy atom. The summed E-state index contributed by atoms with van der Waals surface area (Å²) in [5.74, 6) is 1.61. The fraction of sp³-hybridized carbons (Fsp3) is 0.348. The van der Waals surface area contributed by atoms with Crippen LogP contribution in [0.1, 0.15) is 36.4 Å². The molecule has 1 amide bonds. The van der Waals surface area contributed by atoms with Crippen molar-refractivity contribution in [3.8, 4) is 11.4 Å². The monoisotopic (exact) mass is 423 g/mol. The van der Waals surface area contributed by atoms with Crippen molar-refractivity contribution >= 4 is 17.7 Å². The number of ether oxygens (including phenoxy) is 1. The molecule has 1 aliphatic heterocycles. The van der Waals surface area contributed by atoms with E-state index in [0.717, 1.165) is 33.2 Å². The van der Waals surface area contributed by atoms with Crippen molar-refractivity contribution in [1.29, 1.82) is 0 Å². The number of amides is 1. The zero-order valence-corrected chi connectivity index (χ0v) is 18.2. The Balaban J connectivity index is 1.56. The molecule has 156 valence electrons. The quantitative estimate of drug-likeness (QED) is 0.470. The SMILES string of the molecule is Cc1cccc(-c2nc3c(c(SCC(=O)NCc4ccco4)n2)COC(C)(C)C3)c1. The van der Waals surface area contributed by atoms with Crippen LogP contribution in [0.15, 0.2) is 52.1 Å². The molecule has 30 heavy (non-hydrogen) atoms. The molecule has 0 spiro atoms. The second kappa shape index (κ2) is 8.62. The summed E-state index contributed by atoms with van der Waals surface area (Å²) in [7, 11) is 0. The number of thioether (sulfide) groups is 1. The van der Waals surface area contributed by atoms with Crippen LogP contribution in [0.4, 0.5) is 0 Å². The predicted molar refractivity (Wildman–Crippen MR) is 116 cm³/mol. The van der Waals surface area contributed by atoms with Crippen LogP contribution in [0.5, 0.6) is 0 Å². The van der Waals surface area contributed by atoms with Crippen molar-refractivity contribution < 1.29 is 13.9 Å². The van der Waals surface area contributed by atoms with Crippen molar-refractivity contribution in [2.45, 2.75) is 51.0 Å². The number of hydrogen-bond donors (Lipinski definition) is 1. The Kier molecular flexibility index (Phi) is 5.92. The lowest BCUT2D eigenvalue weighted by molar-refractivity contribution is -0.118. The average Bonchev–Trinajstić information content (AvgIpc) is 3.23. The zero-order valence-electron chi connectivity index (χ0n) is 17.4. The molecule has 3 heterocycles. The maximum atomic E-state index is 12.3. The summed E-state index contributed by atoms with van der Waals surface area (Å²) >= 11 is 1.42. The Morgan fingerprint density at radius 3 is 2.87 bits per heavy atom. The molecule has 0 bridgehead atoms. The van der Waals surface area contributed by atoms with Gasteiger partial charge >= 0.3 is 0 Å². The van der Waals surface area contributed by atoms with Crippen LogP contribution in [-0.2, 0) is 29.1 Å². The molecule has 0 saturated carbocycles. The van der Waals surface area contributed by atoms with E-state index in [1.807, 2.05) is 18.2 Å². The average molecular weight is 424 g/mol. The molecule has 1 aromatic carbocycles. The Morgan fingerprint density at radius 2 is 2.10 bits per heavy atom. The highest BCUT2D eigenvalue weighted by molar-refractivity contribution is 7.99. The van der Waals surface area contributed by atoms with E-state index in [1.54, 1.807) is 12.3 Å². The lowest BCUT2D eigenvalue weighted by Gasteiger charge is -2.32. The van der Waals surface area contributed by atoms with E-state index >= 15 is 0 Å². The summed E-state index contributed by atoms with van der Waals surface area (Å²) in [5, 5.41) is 3.68. The maximum absolute atomic E-state index is 12.3. The summed E-state index contributed by atoms with van der Waals surface area (Å²) in [6.07, 6.45) is 2.31. The second-order valence-corrected chi connectivity index (χ2v) is 8.98. The molecule has 6 nitrogen and oxygen atoms in total. The minimum Gasteiger partial charge on any atom is -0.467 e. The molecular weight excluding hydrogens is 398 g/mol. The Hall–Kier alpha value is -2.64. The van der Waals surface area contributed by atoms with E-state index in [9.17, 15) is 4.79 Å². The number of rotatable bonds is 6. The van der Waals surface area contributed by atoms with E-state index in [2.05, 4.69) is 38.2 Å². The highest BCUT2D eigenvalue weighted by Crippen LogP contribution is 2.34. The molecule has 0 radical (unpaired) electrons. The Bertz CT molecular complexity index is 1050. The number of benzene rings is 1. The van der Waals surface area contributed by atoms with Crippen molar-refractivity contribution in [3.63, 3.8) is 0 Å². The van der Waals surface area contributed by atoms with Gasteiger partial charge < -0.3 is 14.5 Å². The molecule has 0 unspecified atom stereocenters. The number of nitrogens with one attached hydrogen (secondary N) is 1. The van der Waals surface area contributed by atoms with E-state index in [0.29, 0.717) is 25.4 Å². The normalized spacial score (nSPS) is 14.9. The van der Waals surface area contributed by atoms with Gasteiger partial charge in [0.2, 0.25) is 5.91 Å². The van der Waals surface area contributed by atoms with Gasteiger partial charge in [-0.3, -0.25) is 4.79 Å². The molecule has 0 atom stereocenters. The zero-order chi connectivity index (χ0) is 21.1. The van der Waals surface area contributed by atoms with Gasteiger partial charge in [0.05, 0.1) is 36.5 Å². The number of fused-ring (bicyclic) bond motifs is 1. The summed E-state index contributed by atoms with van der Waals surface area (Å²) in [4.78, 5) is 22.0. The fourth-order valence-corrected chi connectivity index (χ4v) is 4.21. The maximum Gasteiger partial charge on any atom is 0.230 e. The van der Waals surface area contributed by atoms with Crippen LogP contribution in [0.25, 0.3) is 11.4 Å². The van der Waals surface area contributed by atoms with Crippen LogP contribution in [0, 0.1) is 6.92 Å².